The minimum atomic E-state index is -0.261. The molecule has 0 atom stereocenters. The van der Waals surface area contributed by atoms with Gasteiger partial charge in [-0.15, -0.1) is 0 Å². The normalized spacial score (nSPS) is 10.5. The third kappa shape index (κ3) is 6.04. The molecular formula is C23H25N3O3. The van der Waals surface area contributed by atoms with Crippen LogP contribution in [0.5, 0.6) is 5.75 Å². The summed E-state index contributed by atoms with van der Waals surface area (Å²) in [5, 5.41) is 2.85. The highest BCUT2D eigenvalue weighted by Crippen LogP contribution is 2.19. The zero-order valence-corrected chi connectivity index (χ0v) is 16.5. The van der Waals surface area contributed by atoms with Crippen molar-refractivity contribution in [1.82, 2.24) is 14.9 Å². The molecule has 0 saturated heterocycles. The second-order valence-corrected chi connectivity index (χ2v) is 6.64. The standard InChI is InChI=1S/C23H25N3O3/c1-2-29-20-12-10-19(11-13-20)21-15-23(28)26(17-25-21)16-22(27)24-14-6-9-18-7-4-3-5-8-18/h3-5,7-8,10-13,15,17H,2,6,9,14,16H2,1H3,(H,24,27). The molecule has 1 N–H and O–H groups in total. The quantitative estimate of drug-likeness (QED) is 0.569. The number of aromatic nitrogens is 2. The average Bonchev–Trinajstić information content (AvgIpc) is 2.74. The van der Waals surface area contributed by atoms with E-state index in [1.54, 1.807) is 0 Å². The van der Waals surface area contributed by atoms with Gasteiger partial charge in [-0.25, -0.2) is 4.98 Å². The number of amides is 1. The van der Waals surface area contributed by atoms with Crippen molar-refractivity contribution in [2.24, 2.45) is 0 Å². The Hall–Kier alpha value is -3.41. The molecule has 6 heteroatoms. The van der Waals surface area contributed by atoms with E-state index in [2.05, 4.69) is 22.4 Å². The molecule has 2 aromatic carbocycles. The van der Waals surface area contributed by atoms with Crippen molar-refractivity contribution in [3.05, 3.63) is 82.9 Å². The highest BCUT2D eigenvalue weighted by Gasteiger charge is 2.07. The highest BCUT2D eigenvalue weighted by atomic mass is 16.5. The molecule has 29 heavy (non-hydrogen) atoms. The van der Waals surface area contributed by atoms with Crippen LogP contribution < -0.4 is 15.6 Å². The number of aryl methyl sites for hydroxylation is 1. The summed E-state index contributed by atoms with van der Waals surface area (Å²) in [4.78, 5) is 28.8. The second kappa shape index (κ2) is 10.2. The van der Waals surface area contributed by atoms with Crippen LogP contribution in [0.3, 0.4) is 0 Å². The van der Waals surface area contributed by atoms with Gasteiger partial charge < -0.3 is 10.1 Å². The Morgan fingerprint density at radius 2 is 1.86 bits per heavy atom. The maximum absolute atomic E-state index is 12.4. The van der Waals surface area contributed by atoms with Crippen LogP contribution in [-0.4, -0.2) is 28.6 Å². The lowest BCUT2D eigenvalue weighted by Crippen LogP contribution is -2.32. The largest absolute Gasteiger partial charge is 0.494 e. The molecule has 3 rings (SSSR count). The first kappa shape index (κ1) is 20.3. The number of nitrogens with zero attached hydrogens (tertiary/aromatic N) is 2. The van der Waals surface area contributed by atoms with E-state index in [1.165, 1.54) is 22.5 Å². The number of benzene rings is 2. The van der Waals surface area contributed by atoms with Crippen LogP contribution in [0.25, 0.3) is 11.3 Å². The van der Waals surface area contributed by atoms with Gasteiger partial charge in [0, 0.05) is 18.2 Å². The molecule has 0 spiro atoms. The third-order valence-electron chi connectivity index (χ3n) is 4.46. The van der Waals surface area contributed by atoms with Gasteiger partial charge in [0.15, 0.2) is 0 Å². The van der Waals surface area contributed by atoms with E-state index >= 15 is 0 Å². The SMILES string of the molecule is CCOc1ccc(-c2cc(=O)n(CC(=O)NCCCc3ccccc3)cn2)cc1. The fourth-order valence-electron chi connectivity index (χ4n) is 2.97. The summed E-state index contributed by atoms with van der Waals surface area (Å²) in [5.41, 5.74) is 2.37. The van der Waals surface area contributed by atoms with Gasteiger partial charge in [0.1, 0.15) is 12.3 Å². The van der Waals surface area contributed by atoms with Crippen molar-refractivity contribution in [3.63, 3.8) is 0 Å². The van der Waals surface area contributed by atoms with Crippen LogP contribution >= 0.6 is 0 Å². The first-order valence-electron chi connectivity index (χ1n) is 9.76. The van der Waals surface area contributed by atoms with Crippen molar-refractivity contribution in [2.45, 2.75) is 26.3 Å². The van der Waals surface area contributed by atoms with E-state index in [9.17, 15) is 9.59 Å². The van der Waals surface area contributed by atoms with Crippen molar-refractivity contribution in [3.8, 4) is 17.0 Å². The summed E-state index contributed by atoms with van der Waals surface area (Å²) in [6.07, 6.45) is 3.16. The molecule has 0 bridgehead atoms. The van der Waals surface area contributed by atoms with E-state index in [0.29, 0.717) is 18.8 Å². The second-order valence-electron chi connectivity index (χ2n) is 6.64. The van der Waals surface area contributed by atoms with Gasteiger partial charge in [-0.2, -0.15) is 0 Å². The van der Waals surface area contributed by atoms with Gasteiger partial charge in [0.2, 0.25) is 5.91 Å². The topological polar surface area (TPSA) is 73.2 Å². The minimum Gasteiger partial charge on any atom is -0.494 e. The molecule has 0 fully saturated rings. The van der Waals surface area contributed by atoms with E-state index < -0.39 is 0 Å². The van der Waals surface area contributed by atoms with Crippen molar-refractivity contribution in [2.75, 3.05) is 13.2 Å². The molecule has 3 aromatic rings. The Kier molecular flexibility index (Phi) is 7.16. The fraction of sp³-hybridized carbons (Fsp3) is 0.261. The number of ether oxygens (including phenoxy) is 1. The van der Waals surface area contributed by atoms with Crippen LogP contribution in [0.1, 0.15) is 18.9 Å². The van der Waals surface area contributed by atoms with E-state index in [4.69, 9.17) is 4.74 Å². The summed E-state index contributed by atoms with van der Waals surface area (Å²) < 4.78 is 6.73. The van der Waals surface area contributed by atoms with Crippen LogP contribution in [0.4, 0.5) is 0 Å². The molecular weight excluding hydrogens is 366 g/mol. The van der Waals surface area contributed by atoms with Crippen molar-refractivity contribution < 1.29 is 9.53 Å². The van der Waals surface area contributed by atoms with Crippen LogP contribution in [0.2, 0.25) is 0 Å². The molecule has 0 radical (unpaired) electrons. The van der Waals surface area contributed by atoms with E-state index in [1.807, 2.05) is 49.4 Å². The number of hydrogen-bond acceptors (Lipinski definition) is 4. The third-order valence-corrected chi connectivity index (χ3v) is 4.46. The van der Waals surface area contributed by atoms with E-state index in [0.717, 1.165) is 24.2 Å². The lowest BCUT2D eigenvalue weighted by atomic mass is 10.1. The molecule has 6 nitrogen and oxygen atoms in total. The molecule has 1 amide bonds. The van der Waals surface area contributed by atoms with Gasteiger partial charge in [0.25, 0.3) is 5.56 Å². The number of carbonyl (C=O) groups is 1. The molecule has 0 unspecified atom stereocenters. The van der Waals surface area contributed by atoms with Gasteiger partial charge in [0.05, 0.1) is 18.6 Å². The Labute approximate surface area is 170 Å². The first-order valence-corrected chi connectivity index (χ1v) is 9.76. The molecule has 0 aliphatic heterocycles. The average molecular weight is 391 g/mol. The van der Waals surface area contributed by atoms with Gasteiger partial charge in [-0.3, -0.25) is 14.2 Å². The summed E-state index contributed by atoms with van der Waals surface area (Å²) in [6.45, 7) is 3.05. The predicted molar refractivity (Wildman–Crippen MR) is 113 cm³/mol. The lowest BCUT2D eigenvalue weighted by molar-refractivity contribution is -0.121. The smallest absolute Gasteiger partial charge is 0.254 e. The van der Waals surface area contributed by atoms with Crippen LogP contribution in [0, 0.1) is 0 Å². The van der Waals surface area contributed by atoms with Crippen molar-refractivity contribution >= 4 is 5.91 Å². The molecule has 0 aliphatic carbocycles. The van der Waals surface area contributed by atoms with E-state index in [-0.39, 0.29) is 18.0 Å². The number of nitrogens with one attached hydrogen (secondary N) is 1. The molecule has 0 aliphatic rings. The highest BCUT2D eigenvalue weighted by molar-refractivity contribution is 5.75. The first-order chi connectivity index (χ1) is 14.2. The Morgan fingerprint density at radius 3 is 2.55 bits per heavy atom. The molecule has 0 saturated carbocycles. The van der Waals surface area contributed by atoms with Crippen LogP contribution in [-0.2, 0) is 17.8 Å². The Morgan fingerprint density at radius 1 is 1.10 bits per heavy atom. The summed E-state index contributed by atoms with van der Waals surface area (Å²) in [6, 6.07) is 19.0. The maximum atomic E-state index is 12.4. The number of hydrogen-bond donors (Lipinski definition) is 1. The predicted octanol–water partition coefficient (Wildman–Crippen LogP) is 3.06. The maximum Gasteiger partial charge on any atom is 0.254 e. The van der Waals surface area contributed by atoms with Gasteiger partial charge in [-0.05, 0) is 49.6 Å². The van der Waals surface area contributed by atoms with Gasteiger partial charge >= 0.3 is 0 Å². The Balaban J connectivity index is 1.52. The summed E-state index contributed by atoms with van der Waals surface area (Å²) in [7, 11) is 0. The zero-order valence-electron chi connectivity index (χ0n) is 16.5. The monoisotopic (exact) mass is 391 g/mol. The summed E-state index contributed by atoms with van der Waals surface area (Å²) >= 11 is 0. The molecule has 150 valence electrons. The Bertz CT molecular complexity index is 982. The minimum absolute atomic E-state index is 0.0409. The molecule has 1 aromatic heterocycles. The van der Waals surface area contributed by atoms with Crippen molar-refractivity contribution in [1.29, 1.82) is 0 Å². The summed E-state index contributed by atoms with van der Waals surface area (Å²) in [5.74, 6) is 0.573. The van der Waals surface area contributed by atoms with Crippen LogP contribution in [0.15, 0.2) is 71.8 Å². The van der Waals surface area contributed by atoms with Gasteiger partial charge in [-0.1, -0.05) is 30.3 Å². The number of rotatable bonds is 9. The fourth-order valence-corrected chi connectivity index (χ4v) is 2.97. The lowest BCUT2D eigenvalue weighted by Gasteiger charge is -2.08. The zero-order chi connectivity index (χ0) is 20.5. The molecule has 1 heterocycles. The number of carbonyl (C=O) groups excluding carboxylic acids is 1.